The summed E-state index contributed by atoms with van der Waals surface area (Å²) in [6.45, 7) is 8.40. The number of aliphatic imine (C=N–C) groups is 1. The molecule has 1 heterocycles. The molecule has 4 heteroatoms. The lowest BCUT2D eigenvalue weighted by Gasteiger charge is -2.21. The number of hydrogen-bond acceptors (Lipinski definition) is 4. The number of nitrogens with one attached hydrogen (secondary N) is 2. The summed E-state index contributed by atoms with van der Waals surface area (Å²) in [6, 6.07) is 8.46. The van der Waals surface area contributed by atoms with Crippen molar-refractivity contribution in [2.75, 3.05) is 12.0 Å². The molecule has 1 aliphatic heterocycles. The highest BCUT2D eigenvalue weighted by Gasteiger charge is 2.17. The molecule has 0 unspecified atom stereocenters. The zero-order chi connectivity index (χ0) is 16.2. The molecule has 23 heavy (non-hydrogen) atoms. The second-order valence-electron chi connectivity index (χ2n) is 5.03. The van der Waals surface area contributed by atoms with E-state index in [1.807, 2.05) is 30.3 Å². The number of ether oxygens (including phenoxy) is 1. The molecule has 0 bridgehead atoms. The van der Waals surface area contributed by atoms with Gasteiger partial charge in [-0.25, -0.2) is 0 Å². The number of nitrogens with zero attached hydrogens (tertiary/aromatic N) is 1. The highest BCUT2D eigenvalue weighted by molar-refractivity contribution is 6.03. The predicted molar refractivity (Wildman–Crippen MR) is 96.6 cm³/mol. The summed E-state index contributed by atoms with van der Waals surface area (Å²) in [5.74, 6) is 2.53. The van der Waals surface area contributed by atoms with Crippen LogP contribution in [0.4, 0.5) is 11.4 Å². The highest BCUT2D eigenvalue weighted by atomic mass is 16.5. The van der Waals surface area contributed by atoms with E-state index in [0.717, 1.165) is 32.6 Å². The summed E-state index contributed by atoms with van der Waals surface area (Å²) in [4.78, 5) is 4.58. The number of anilines is 1. The van der Waals surface area contributed by atoms with Crippen LogP contribution >= 0.6 is 0 Å². The molecular weight excluding hydrogens is 286 g/mol. The topological polar surface area (TPSA) is 45.6 Å². The zero-order valence-electron chi connectivity index (χ0n) is 12.7. The van der Waals surface area contributed by atoms with Crippen molar-refractivity contribution in [3.05, 3.63) is 47.4 Å². The van der Waals surface area contributed by atoms with Crippen LogP contribution in [0.25, 0.3) is 23.4 Å². The van der Waals surface area contributed by atoms with Crippen molar-refractivity contribution < 1.29 is 4.74 Å². The van der Waals surface area contributed by atoms with Gasteiger partial charge in [0.05, 0.1) is 5.69 Å². The third-order valence-electron chi connectivity index (χ3n) is 3.62. The van der Waals surface area contributed by atoms with Crippen LogP contribution in [-0.4, -0.2) is 12.6 Å². The van der Waals surface area contributed by atoms with Gasteiger partial charge in [-0.3, -0.25) is 10.9 Å². The second kappa shape index (κ2) is 6.29. The minimum atomic E-state index is 0.390. The normalized spacial score (nSPS) is 13.3. The molecule has 2 N–H and O–H groups in total. The van der Waals surface area contributed by atoms with E-state index < -0.39 is 0 Å². The number of amidine groups is 1. The Hall–Kier alpha value is -3.19. The lowest BCUT2D eigenvalue weighted by atomic mass is 10.0. The Morgan fingerprint density at radius 3 is 2.78 bits per heavy atom. The number of rotatable bonds is 3. The first-order chi connectivity index (χ1) is 11.3. The first-order valence-corrected chi connectivity index (χ1v) is 7.29. The SMILES string of the molecule is C#CCCOC1=Nc2c(c3ccccc3c(=C)/c2=C\C=C)NN1. The molecular formula is C19H17N3O. The van der Waals surface area contributed by atoms with Crippen molar-refractivity contribution in [1.82, 2.24) is 5.43 Å². The number of benzene rings is 2. The van der Waals surface area contributed by atoms with E-state index in [0.29, 0.717) is 19.0 Å². The van der Waals surface area contributed by atoms with Crippen LogP contribution in [0.5, 0.6) is 0 Å². The average molecular weight is 303 g/mol. The molecule has 0 amide bonds. The summed E-state index contributed by atoms with van der Waals surface area (Å²) >= 11 is 0. The summed E-state index contributed by atoms with van der Waals surface area (Å²) in [6.07, 6.45) is 9.40. The van der Waals surface area contributed by atoms with Crippen LogP contribution in [0.2, 0.25) is 0 Å². The molecule has 1 aliphatic rings. The van der Waals surface area contributed by atoms with Gasteiger partial charge in [-0.05, 0) is 10.6 Å². The van der Waals surface area contributed by atoms with Gasteiger partial charge in [-0.2, -0.15) is 4.99 Å². The van der Waals surface area contributed by atoms with Crippen molar-refractivity contribution >= 4 is 40.8 Å². The van der Waals surface area contributed by atoms with Gasteiger partial charge in [0, 0.05) is 17.0 Å². The smallest absolute Gasteiger partial charge is 0.309 e. The molecule has 114 valence electrons. The van der Waals surface area contributed by atoms with Gasteiger partial charge in [0.2, 0.25) is 0 Å². The average Bonchev–Trinajstić information content (AvgIpc) is 2.59. The Balaban J connectivity index is 2.23. The van der Waals surface area contributed by atoms with Crippen LogP contribution in [0.3, 0.4) is 0 Å². The van der Waals surface area contributed by atoms with Gasteiger partial charge in [0.15, 0.2) is 0 Å². The molecule has 0 aliphatic carbocycles. The van der Waals surface area contributed by atoms with Crippen LogP contribution in [0, 0.1) is 12.3 Å². The van der Waals surface area contributed by atoms with Gasteiger partial charge in [-0.15, -0.1) is 12.3 Å². The molecule has 2 aromatic rings. The Morgan fingerprint density at radius 1 is 1.26 bits per heavy atom. The quantitative estimate of drug-likeness (QED) is 0.675. The molecule has 2 aromatic carbocycles. The second-order valence-corrected chi connectivity index (χ2v) is 5.03. The lowest BCUT2D eigenvalue weighted by molar-refractivity contribution is 0.300. The molecule has 0 aromatic heterocycles. The van der Waals surface area contributed by atoms with Gasteiger partial charge in [0.1, 0.15) is 12.3 Å². The number of fused-ring (bicyclic) bond motifs is 3. The highest BCUT2D eigenvalue weighted by Crippen LogP contribution is 2.29. The Labute approximate surface area is 134 Å². The first kappa shape index (κ1) is 14.7. The Morgan fingerprint density at radius 2 is 2.04 bits per heavy atom. The number of terminal acetylenes is 1. The van der Waals surface area contributed by atoms with Gasteiger partial charge >= 0.3 is 6.02 Å². The van der Waals surface area contributed by atoms with Crippen LogP contribution in [0.15, 0.2) is 41.9 Å². The molecule has 0 saturated heterocycles. The maximum Gasteiger partial charge on any atom is 0.309 e. The fraction of sp³-hybridized carbons (Fsp3) is 0.105. The monoisotopic (exact) mass is 303 g/mol. The minimum Gasteiger partial charge on any atom is -0.463 e. The van der Waals surface area contributed by atoms with E-state index in [2.05, 4.69) is 34.9 Å². The molecule has 3 rings (SSSR count). The summed E-state index contributed by atoms with van der Waals surface area (Å²) in [5.41, 5.74) is 7.81. The van der Waals surface area contributed by atoms with E-state index in [4.69, 9.17) is 11.2 Å². The summed E-state index contributed by atoms with van der Waals surface area (Å²) in [7, 11) is 0. The standard InChI is InChI=1S/C19H17N3O/c1-4-6-12-23-19-20-17-15(9-5-2)13(3)14-10-7-8-11-16(14)18(17)21-22-19/h1,5,7-11,21H,2-3,6,12H2,(H,20,22)/b15-9+. The largest absolute Gasteiger partial charge is 0.463 e. The third-order valence-corrected chi connectivity index (χ3v) is 3.62. The van der Waals surface area contributed by atoms with Crippen LogP contribution in [-0.2, 0) is 4.74 Å². The van der Waals surface area contributed by atoms with Crippen molar-refractivity contribution in [3.63, 3.8) is 0 Å². The van der Waals surface area contributed by atoms with E-state index in [9.17, 15) is 0 Å². The van der Waals surface area contributed by atoms with Gasteiger partial charge < -0.3 is 4.74 Å². The lowest BCUT2D eigenvalue weighted by Crippen LogP contribution is -2.37. The van der Waals surface area contributed by atoms with E-state index in [1.165, 1.54) is 0 Å². The maximum atomic E-state index is 5.54. The van der Waals surface area contributed by atoms with E-state index >= 15 is 0 Å². The molecule has 0 fully saturated rings. The Kier molecular flexibility index (Phi) is 4.03. The van der Waals surface area contributed by atoms with Crippen molar-refractivity contribution in [2.24, 2.45) is 4.99 Å². The maximum absolute atomic E-state index is 5.54. The number of hydrogen-bond donors (Lipinski definition) is 2. The molecule has 0 spiro atoms. The molecule has 0 saturated carbocycles. The van der Waals surface area contributed by atoms with E-state index in [1.54, 1.807) is 6.08 Å². The third kappa shape index (κ3) is 2.65. The minimum absolute atomic E-state index is 0.390. The van der Waals surface area contributed by atoms with Gasteiger partial charge in [0.25, 0.3) is 0 Å². The van der Waals surface area contributed by atoms with E-state index in [-0.39, 0.29) is 0 Å². The summed E-state index contributed by atoms with van der Waals surface area (Å²) < 4.78 is 5.54. The fourth-order valence-corrected chi connectivity index (χ4v) is 2.58. The van der Waals surface area contributed by atoms with Crippen LogP contribution < -0.4 is 21.3 Å². The zero-order valence-corrected chi connectivity index (χ0v) is 12.7. The van der Waals surface area contributed by atoms with Crippen molar-refractivity contribution in [1.29, 1.82) is 0 Å². The fourth-order valence-electron chi connectivity index (χ4n) is 2.58. The first-order valence-electron chi connectivity index (χ1n) is 7.29. The molecule has 0 radical (unpaired) electrons. The van der Waals surface area contributed by atoms with Crippen molar-refractivity contribution in [3.8, 4) is 12.3 Å². The molecule has 4 nitrogen and oxygen atoms in total. The summed E-state index contributed by atoms with van der Waals surface area (Å²) in [5, 5.41) is 3.95. The van der Waals surface area contributed by atoms with Crippen molar-refractivity contribution in [2.45, 2.75) is 6.42 Å². The predicted octanol–water partition coefficient (Wildman–Crippen LogP) is 2.17. The number of hydrazine groups is 1. The van der Waals surface area contributed by atoms with Gasteiger partial charge in [-0.1, -0.05) is 49.6 Å². The Bertz CT molecular complexity index is 951. The molecule has 0 atom stereocenters. The number of allylic oxidation sites excluding steroid dienone is 1. The van der Waals surface area contributed by atoms with Crippen LogP contribution in [0.1, 0.15) is 6.42 Å².